The van der Waals surface area contributed by atoms with Crippen LogP contribution in [0.15, 0.2) is 22.5 Å². The largest absolute Gasteiger partial charge is 0.411 e. The van der Waals surface area contributed by atoms with Crippen molar-refractivity contribution >= 4 is 17.3 Å². The molecular weight excluding hydrogens is 204 g/mol. The number of carbonyl (C=O) groups excluding carboxylic acids is 1. The first-order valence-corrected chi connectivity index (χ1v) is 3.65. The van der Waals surface area contributed by atoms with E-state index in [1.807, 2.05) is 0 Å². The molecule has 0 spiro atoms. The van der Waals surface area contributed by atoms with Crippen molar-refractivity contribution in [3.8, 4) is 5.75 Å². The van der Waals surface area contributed by atoms with Gasteiger partial charge in [-0.3, -0.25) is 4.79 Å². The van der Waals surface area contributed by atoms with Gasteiger partial charge in [0, 0.05) is 17.3 Å². The van der Waals surface area contributed by atoms with Crippen LogP contribution in [0.25, 0.3) is 0 Å². The summed E-state index contributed by atoms with van der Waals surface area (Å²) in [5.74, 6) is 3.70. The topological polar surface area (TPSA) is 137 Å². The molecule has 0 radical (unpaired) electrons. The lowest BCUT2D eigenvalue weighted by Crippen LogP contribution is -2.05. The van der Waals surface area contributed by atoms with E-state index in [-0.39, 0.29) is 22.7 Å². The number of nitrogen functional groups attached to an aromatic ring is 1. The molecule has 4 N–H and O–H groups in total. The molecule has 0 saturated carbocycles. The van der Waals surface area contributed by atoms with E-state index in [1.165, 1.54) is 6.07 Å². The summed E-state index contributed by atoms with van der Waals surface area (Å²) < 4.78 is 0. The van der Waals surface area contributed by atoms with E-state index in [2.05, 4.69) is 15.2 Å². The fraction of sp³-hybridized carbons (Fsp3) is 0. The van der Waals surface area contributed by atoms with Crippen LogP contribution in [0.1, 0.15) is 10.4 Å². The zero-order valence-electron chi connectivity index (χ0n) is 7.34. The van der Waals surface area contributed by atoms with Crippen LogP contribution in [0, 0.1) is 9.81 Å². The molecule has 0 fully saturated rings. The maximum atomic E-state index is 11.0. The molecule has 8 nitrogen and oxygen atoms in total. The van der Waals surface area contributed by atoms with E-state index < -0.39 is 5.91 Å². The van der Waals surface area contributed by atoms with Crippen molar-refractivity contribution in [3.63, 3.8) is 0 Å². The van der Waals surface area contributed by atoms with E-state index in [0.717, 1.165) is 6.07 Å². The van der Waals surface area contributed by atoms with Crippen LogP contribution in [-0.2, 0) is 0 Å². The number of amides is 1. The number of nitrogens with two attached hydrogens (primary N) is 2. The molecule has 15 heavy (non-hydrogen) atoms. The third-order valence-electron chi connectivity index (χ3n) is 1.65. The van der Waals surface area contributed by atoms with Crippen LogP contribution in [0.2, 0.25) is 0 Å². The Morgan fingerprint density at radius 1 is 1.33 bits per heavy atom. The number of nitrogens with zero attached hydrogens (tertiary/aromatic N) is 2. The second-order valence-electron chi connectivity index (χ2n) is 2.51. The highest BCUT2D eigenvalue weighted by molar-refractivity contribution is 6.04. The average Bonchev–Trinajstić information content (AvgIpc) is 2.26. The summed E-state index contributed by atoms with van der Waals surface area (Å²) in [5.41, 5.74) is 4.53. The minimum Gasteiger partial charge on any atom is -0.411 e. The highest BCUT2D eigenvalue weighted by Crippen LogP contribution is 2.31. The molecule has 0 heterocycles. The predicted molar refractivity (Wildman–Crippen MR) is 51.3 cm³/mol. The number of hydrogen-bond acceptors (Lipinski definition) is 7. The number of carbonyl (C=O) groups is 1. The zero-order valence-corrected chi connectivity index (χ0v) is 7.34. The molecule has 0 bridgehead atoms. The SMILES string of the molecule is NOc1cc(N)c(C(=O)N=O)c(N=O)c1. The molecule has 8 heteroatoms. The van der Waals surface area contributed by atoms with Crippen molar-refractivity contribution in [3.05, 3.63) is 27.5 Å². The molecule has 1 aromatic carbocycles. The normalized spacial score (nSPS) is 9.40. The highest BCUT2D eigenvalue weighted by Gasteiger charge is 2.18. The molecule has 0 aliphatic rings. The van der Waals surface area contributed by atoms with Crippen LogP contribution in [0.3, 0.4) is 0 Å². The van der Waals surface area contributed by atoms with Crippen molar-refractivity contribution in [2.45, 2.75) is 0 Å². The first-order valence-electron chi connectivity index (χ1n) is 3.65. The van der Waals surface area contributed by atoms with Gasteiger partial charge in [-0.2, -0.15) is 5.90 Å². The first kappa shape index (κ1) is 10.7. The molecule has 78 valence electrons. The number of benzene rings is 1. The Kier molecular flexibility index (Phi) is 3.03. The zero-order chi connectivity index (χ0) is 11.4. The Balaban J connectivity index is 3.43. The fourth-order valence-electron chi connectivity index (χ4n) is 1.04. The van der Waals surface area contributed by atoms with Crippen molar-refractivity contribution < 1.29 is 9.63 Å². The minimum absolute atomic E-state index is 0.0459. The molecular formula is C7H6N4O4. The van der Waals surface area contributed by atoms with Gasteiger partial charge in [-0.05, 0) is 5.18 Å². The van der Waals surface area contributed by atoms with Crippen LogP contribution < -0.4 is 16.5 Å². The Morgan fingerprint density at radius 2 is 2.00 bits per heavy atom. The lowest BCUT2D eigenvalue weighted by atomic mass is 10.1. The smallest absolute Gasteiger partial charge is 0.321 e. The number of rotatable bonds is 3. The minimum atomic E-state index is -1.18. The van der Waals surface area contributed by atoms with E-state index in [9.17, 15) is 14.6 Å². The third-order valence-corrected chi connectivity index (χ3v) is 1.65. The summed E-state index contributed by atoms with van der Waals surface area (Å²) in [7, 11) is 0. The van der Waals surface area contributed by atoms with Gasteiger partial charge in [0.05, 0.1) is 11.3 Å². The first-order chi connectivity index (χ1) is 7.13. The Hall–Kier alpha value is -2.35. The van der Waals surface area contributed by atoms with Gasteiger partial charge < -0.3 is 10.6 Å². The number of anilines is 1. The fourth-order valence-corrected chi connectivity index (χ4v) is 1.04. The summed E-state index contributed by atoms with van der Waals surface area (Å²) in [6.45, 7) is 0. The third kappa shape index (κ3) is 1.94. The molecule has 0 aliphatic carbocycles. The highest BCUT2D eigenvalue weighted by atomic mass is 16.6. The van der Waals surface area contributed by atoms with Crippen molar-refractivity contribution in [1.82, 2.24) is 0 Å². The van der Waals surface area contributed by atoms with E-state index in [0.29, 0.717) is 0 Å². The second kappa shape index (κ2) is 4.24. The Morgan fingerprint density at radius 3 is 2.47 bits per heavy atom. The van der Waals surface area contributed by atoms with E-state index >= 15 is 0 Å². The van der Waals surface area contributed by atoms with Crippen LogP contribution in [0.5, 0.6) is 5.75 Å². The summed E-state index contributed by atoms with van der Waals surface area (Å²) >= 11 is 0. The lowest BCUT2D eigenvalue weighted by Gasteiger charge is -2.05. The van der Waals surface area contributed by atoms with Crippen molar-refractivity contribution in [2.24, 2.45) is 16.3 Å². The van der Waals surface area contributed by atoms with Gasteiger partial charge in [-0.1, -0.05) is 0 Å². The van der Waals surface area contributed by atoms with E-state index in [1.54, 1.807) is 0 Å². The molecule has 0 saturated heterocycles. The van der Waals surface area contributed by atoms with Gasteiger partial charge in [-0.25, -0.2) is 0 Å². The van der Waals surface area contributed by atoms with Crippen LogP contribution in [-0.4, -0.2) is 5.91 Å². The molecule has 0 unspecified atom stereocenters. The quantitative estimate of drug-likeness (QED) is 0.430. The van der Waals surface area contributed by atoms with Crippen LogP contribution >= 0.6 is 0 Å². The Labute approximate surface area is 83.1 Å². The molecule has 0 atom stereocenters. The number of nitroso groups, excluding NO2 is 2. The van der Waals surface area contributed by atoms with Crippen molar-refractivity contribution in [2.75, 3.05) is 5.73 Å². The predicted octanol–water partition coefficient (Wildman–Crippen LogP) is 0.826. The van der Waals surface area contributed by atoms with Crippen LogP contribution in [0.4, 0.5) is 11.4 Å². The standard InChI is InChI=1S/C7H6N4O4/c8-4-1-3(15-9)2-5(10-13)6(4)7(12)11-14/h1-2H,8-9H2. The van der Waals surface area contributed by atoms with Gasteiger partial charge in [0.2, 0.25) is 0 Å². The number of hydrogen-bond donors (Lipinski definition) is 2. The molecule has 0 aromatic heterocycles. The lowest BCUT2D eigenvalue weighted by molar-refractivity contribution is 0.100. The Bertz CT molecular complexity index is 431. The summed E-state index contributed by atoms with van der Waals surface area (Å²) in [6, 6.07) is 2.24. The monoisotopic (exact) mass is 210 g/mol. The molecule has 1 rings (SSSR count). The van der Waals surface area contributed by atoms with Gasteiger partial charge in [-0.15, -0.1) is 9.81 Å². The second-order valence-corrected chi connectivity index (χ2v) is 2.51. The molecule has 0 aliphatic heterocycles. The molecule has 1 aromatic rings. The average molecular weight is 210 g/mol. The molecule has 1 amide bonds. The van der Waals surface area contributed by atoms with Gasteiger partial charge >= 0.3 is 5.91 Å². The summed E-state index contributed by atoms with van der Waals surface area (Å²) in [6.07, 6.45) is 0. The summed E-state index contributed by atoms with van der Waals surface area (Å²) in [4.78, 5) is 35.7. The van der Waals surface area contributed by atoms with Gasteiger partial charge in [0.25, 0.3) is 0 Å². The van der Waals surface area contributed by atoms with E-state index in [4.69, 9.17) is 11.6 Å². The van der Waals surface area contributed by atoms with Gasteiger partial charge in [0.1, 0.15) is 5.69 Å². The maximum Gasteiger partial charge on any atom is 0.321 e. The maximum absolute atomic E-state index is 11.0. The van der Waals surface area contributed by atoms with Gasteiger partial charge in [0.15, 0.2) is 5.75 Å². The summed E-state index contributed by atoms with van der Waals surface area (Å²) in [5, 5.41) is 4.67. The van der Waals surface area contributed by atoms with Crippen molar-refractivity contribution in [1.29, 1.82) is 0 Å².